The molecular weight excluding hydrogens is 214 g/mol. The van der Waals surface area contributed by atoms with Crippen LogP contribution in [0.2, 0.25) is 0 Å². The lowest BCUT2D eigenvalue weighted by atomic mass is 10.1. The molecule has 1 N–H and O–H groups in total. The largest absolute Gasteiger partial charge is 0.496 e. The summed E-state index contributed by atoms with van der Waals surface area (Å²) in [5, 5.41) is 8.75. The van der Waals surface area contributed by atoms with E-state index in [1.54, 1.807) is 7.11 Å². The number of benzene rings is 1. The Bertz CT molecular complexity index is 339. The number of methoxy groups -OCH3 is 1. The van der Waals surface area contributed by atoms with Gasteiger partial charge in [0.15, 0.2) is 0 Å². The fraction of sp³-hybridized carbons (Fsp3) is 0.571. The lowest BCUT2D eigenvalue weighted by molar-refractivity contribution is 0.248. The maximum Gasteiger partial charge on any atom is 0.121 e. The molecular formula is C14H23NO2. The summed E-state index contributed by atoms with van der Waals surface area (Å²) in [4.78, 5) is 2.25. The highest BCUT2D eigenvalue weighted by Gasteiger charge is 2.02. The van der Waals surface area contributed by atoms with E-state index in [0.717, 1.165) is 31.7 Å². The number of ether oxygens (including phenoxy) is 1. The molecule has 3 heteroatoms. The first kappa shape index (κ1) is 14.0. The molecule has 0 amide bonds. The normalized spacial score (nSPS) is 10.9. The fourth-order valence-corrected chi connectivity index (χ4v) is 1.87. The third-order valence-electron chi connectivity index (χ3n) is 2.94. The molecule has 1 rings (SSSR count). The number of rotatable bonds is 7. The quantitative estimate of drug-likeness (QED) is 0.785. The van der Waals surface area contributed by atoms with Gasteiger partial charge in [0.2, 0.25) is 0 Å². The van der Waals surface area contributed by atoms with E-state index in [9.17, 15) is 0 Å². The van der Waals surface area contributed by atoms with Gasteiger partial charge in [-0.15, -0.1) is 0 Å². The smallest absolute Gasteiger partial charge is 0.121 e. The van der Waals surface area contributed by atoms with E-state index < -0.39 is 0 Å². The van der Waals surface area contributed by atoms with Crippen LogP contribution in [-0.2, 0) is 6.42 Å². The van der Waals surface area contributed by atoms with Crippen molar-refractivity contribution in [3.05, 3.63) is 29.3 Å². The molecule has 0 aliphatic carbocycles. The number of nitrogens with zero attached hydrogens (tertiary/aromatic N) is 1. The molecule has 1 aromatic rings. The van der Waals surface area contributed by atoms with Crippen molar-refractivity contribution in [1.29, 1.82) is 0 Å². The highest BCUT2D eigenvalue weighted by molar-refractivity contribution is 5.36. The molecule has 0 atom stereocenters. The highest BCUT2D eigenvalue weighted by atomic mass is 16.5. The van der Waals surface area contributed by atoms with Gasteiger partial charge in [-0.25, -0.2) is 0 Å². The van der Waals surface area contributed by atoms with Crippen molar-refractivity contribution in [2.24, 2.45) is 0 Å². The Hall–Kier alpha value is -1.06. The topological polar surface area (TPSA) is 32.7 Å². The molecule has 0 unspecified atom stereocenters. The zero-order chi connectivity index (χ0) is 12.7. The minimum Gasteiger partial charge on any atom is -0.496 e. The van der Waals surface area contributed by atoms with Gasteiger partial charge in [-0.2, -0.15) is 0 Å². The van der Waals surface area contributed by atoms with E-state index >= 15 is 0 Å². The third-order valence-corrected chi connectivity index (χ3v) is 2.94. The van der Waals surface area contributed by atoms with E-state index in [4.69, 9.17) is 9.84 Å². The molecule has 0 saturated carbocycles. The Morgan fingerprint density at radius 2 is 2.06 bits per heavy atom. The summed E-state index contributed by atoms with van der Waals surface area (Å²) < 4.78 is 5.24. The van der Waals surface area contributed by atoms with Gasteiger partial charge in [0, 0.05) is 19.7 Å². The SMILES string of the molecule is COc1ccc(CCN(C)CCCO)cc1C. The number of aryl methyl sites for hydroxylation is 1. The van der Waals surface area contributed by atoms with E-state index in [0.29, 0.717) is 0 Å². The monoisotopic (exact) mass is 237 g/mol. The molecule has 17 heavy (non-hydrogen) atoms. The first-order chi connectivity index (χ1) is 8.17. The van der Waals surface area contributed by atoms with Crippen LogP contribution in [0.3, 0.4) is 0 Å². The number of hydrogen-bond donors (Lipinski definition) is 1. The summed E-state index contributed by atoms with van der Waals surface area (Å²) in [5.41, 5.74) is 2.52. The first-order valence-electron chi connectivity index (χ1n) is 6.10. The van der Waals surface area contributed by atoms with Crippen molar-refractivity contribution in [3.8, 4) is 5.75 Å². The first-order valence-corrected chi connectivity index (χ1v) is 6.10. The van der Waals surface area contributed by atoms with Crippen LogP contribution in [0.5, 0.6) is 5.75 Å². The second-order valence-electron chi connectivity index (χ2n) is 4.43. The van der Waals surface area contributed by atoms with E-state index in [-0.39, 0.29) is 6.61 Å². The van der Waals surface area contributed by atoms with Gasteiger partial charge in [0.05, 0.1) is 7.11 Å². The Morgan fingerprint density at radius 1 is 1.29 bits per heavy atom. The van der Waals surface area contributed by atoms with Crippen LogP contribution in [0.1, 0.15) is 17.5 Å². The molecule has 0 aromatic heterocycles. The summed E-state index contributed by atoms with van der Waals surface area (Å²) in [6.45, 7) is 4.31. The van der Waals surface area contributed by atoms with Gasteiger partial charge >= 0.3 is 0 Å². The minimum absolute atomic E-state index is 0.270. The van der Waals surface area contributed by atoms with Crippen molar-refractivity contribution in [2.45, 2.75) is 19.8 Å². The van der Waals surface area contributed by atoms with Gasteiger partial charge in [0.25, 0.3) is 0 Å². The zero-order valence-electron chi connectivity index (χ0n) is 11.1. The number of aliphatic hydroxyl groups excluding tert-OH is 1. The maximum absolute atomic E-state index is 8.75. The van der Waals surface area contributed by atoms with Crippen LogP contribution in [0.15, 0.2) is 18.2 Å². The molecule has 3 nitrogen and oxygen atoms in total. The van der Waals surface area contributed by atoms with Crippen molar-refractivity contribution >= 4 is 0 Å². The molecule has 0 fully saturated rings. The van der Waals surface area contributed by atoms with Crippen LogP contribution < -0.4 is 4.74 Å². The van der Waals surface area contributed by atoms with Crippen LogP contribution in [0.4, 0.5) is 0 Å². The van der Waals surface area contributed by atoms with Crippen molar-refractivity contribution in [2.75, 3.05) is 33.9 Å². The van der Waals surface area contributed by atoms with Gasteiger partial charge < -0.3 is 14.7 Å². The van der Waals surface area contributed by atoms with E-state index in [1.807, 2.05) is 6.07 Å². The van der Waals surface area contributed by atoms with Crippen molar-refractivity contribution in [1.82, 2.24) is 4.90 Å². The molecule has 1 aromatic carbocycles. The summed E-state index contributed by atoms with van der Waals surface area (Å²) in [7, 11) is 3.79. The second kappa shape index (κ2) is 7.30. The van der Waals surface area contributed by atoms with Crippen molar-refractivity contribution < 1.29 is 9.84 Å². The minimum atomic E-state index is 0.270. The molecule has 0 radical (unpaired) electrons. The van der Waals surface area contributed by atoms with Crippen LogP contribution in [-0.4, -0.2) is 43.9 Å². The lowest BCUT2D eigenvalue weighted by Crippen LogP contribution is -2.23. The Balaban J connectivity index is 2.44. The molecule has 0 bridgehead atoms. The van der Waals surface area contributed by atoms with Crippen LogP contribution >= 0.6 is 0 Å². The second-order valence-corrected chi connectivity index (χ2v) is 4.43. The average Bonchev–Trinajstić information content (AvgIpc) is 2.34. The third kappa shape index (κ3) is 4.75. The van der Waals surface area contributed by atoms with Crippen LogP contribution in [0, 0.1) is 6.92 Å². The average molecular weight is 237 g/mol. The molecule has 0 spiro atoms. The number of likely N-dealkylation sites (N-methyl/N-ethyl adjacent to an activating group) is 1. The predicted octanol–water partition coefficient (Wildman–Crippen LogP) is 1.86. The summed E-state index contributed by atoms with van der Waals surface area (Å²) in [5.74, 6) is 0.947. The Labute approximate surface area is 104 Å². The molecule has 96 valence electrons. The van der Waals surface area contributed by atoms with E-state index in [1.165, 1.54) is 11.1 Å². The fourth-order valence-electron chi connectivity index (χ4n) is 1.87. The van der Waals surface area contributed by atoms with Crippen molar-refractivity contribution in [3.63, 3.8) is 0 Å². The summed E-state index contributed by atoms with van der Waals surface area (Å²) in [6, 6.07) is 6.32. The maximum atomic E-state index is 8.75. The van der Waals surface area contributed by atoms with Crippen LogP contribution in [0.25, 0.3) is 0 Å². The lowest BCUT2D eigenvalue weighted by Gasteiger charge is -2.16. The standard InChI is InChI=1S/C14H23NO2/c1-12-11-13(5-6-14(12)17-3)7-9-15(2)8-4-10-16/h5-6,11,16H,4,7-10H2,1-3H3. The molecule has 0 aliphatic rings. The summed E-state index contributed by atoms with van der Waals surface area (Å²) >= 11 is 0. The van der Waals surface area contributed by atoms with Gasteiger partial charge in [-0.3, -0.25) is 0 Å². The highest BCUT2D eigenvalue weighted by Crippen LogP contribution is 2.18. The van der Waals surface area contributed by atoms with E-state index in [2.05, 4.69) is 31.0 Å². The Kier molecular flexibility index (Phi) is 6.01. The molecule has 0 heterocycles. The number of hydrogen-bond acceptors (Lipinski definition) is 3. The number of aliphatic hydroxyl groups is 1. The predicted molar refractivity (Wildman–Crippen MR) is 70.6 cm³/mol. The van der Waals surface area contributed by atoms with Gasteiger partial charge in [-0.05, 0) is 44.0 Å². The zero-order valence-corrected chi connectivity index (χ0v) is 11.1. The molecule has 0 saturated heterocycles. The summed E-state index contributed by atoms with van der Waals surface area (Å²) in [6.07, 6.45) is 1.88. The van der Waals surface area contributed by atoms with Gasteiger partial charge in [0.1, 0.15) is 5.75 Å². The Morgan fingerprint density at radius 3 is 2.65 bits per heavy atom. The molecule has 0 aliphatic heterocycles. The van der Waals surface area contributed by atoms with Gasteiger partial charge in [-0.1, -0.05) is 12.1 Å².